The first-order chi connectivity index (χ1) is 11.2. The number of carbonyl (C=O) groups is 1. The Morgan fingerprint density at radius 2 is 2.26 bits per heavy atom. The fourth-order valence-corrected chi connectivity index (χ4v) is 4.15. The molecule has 0 atom stereocenters. The van der Waals surface area contributed by atoms with Crippen molar-refractivity contribution in [3.05, 3.63) is 50.1 Å². The topological polar surface area (TPSA) is 58.6 Å². The molecule has 0 aliphatic rings. The maximum atomic E-state index is 12.1. The number of aromatic amines is 1. The Hall–Kier alpha value is -1.70. The zero-order valence-electron chi connectivity index (χ0n) is 12.5. The van der Waals surface area contributed by atoms with Crippen LogP contribution in [0.5, 0.6) is 0 Å². The molecule has 0 aliphatic carbocycles. The van der Waals surface area contributed by atoms with Gasteiger partial charge >= 0.3 is 0 Å². The van der Waals surface area contributed by atoms with E-state index in [9.17, 15) is 4.79 Å². The van der Waals surface area contributed by atoms with E-state index in [0.717, 1.165) is 16.2 Å². The van der Waals surface area contributed by atoms with Gasteiger partial charge in [-0.3, -0.25) is 9.89 Å². The summed E-state index contributed by atoms with van der Waals surface area (Å²) in [6.45, 7) is 2.09. The summed E-state index contributed by atoms with van der Waals surface area (Å²) < 4.78 is 0. The van der Waals surface area contributed by atoms with Crippen LogP contribution in [0.2, 0.25) is 0 Å². The summed E-state index contributed by atoms with van der Waals surface area (Å²) in [5, 5.41) is 9.63. The van der Waals surface area contributed by atoms with E-state index in [0.29, 0.717) is 16.7 Å². The molecule has 0 saturated carbocycles. The van der Waals surface area contributed by atoms with Gasteiger partial charge in [-0.2, -0.15) is 0 Å². The van der Waals surface area contributed by atoms with Crippen molar-refractivity contribution in [1.29, 1.82) is 0 Å². The van der Waals surface area contributed by atoms with Crippen LogP contribution in [0.3, 0.4) is 0 Å². The highest BCUT2D eigenvalue weighted by atomic mass is 32.2. The molecule has 23 heavy (non-hydrogen) atoms. The number of hydrogen-bond donors (Lipinski definition) is 1. The van der Waals surface area contributed by atoms with Gasteiger partial charge in [-0.05, 0) is 42.2 Å². The third kappa shape index (κ3) is 4.40. The van der Waals surface area contributed by atoms with E-state index in [-0.39, 0.29) is 5.78 Å². The lowest BCUT2D eigenvalue weighted by Crippen LogP contribution is -1.99. The van der Waals surface area contributed by atoms with Crippen molar-refractivity contribution in [1.82, 2.24) is 15.2 Å². The van der Waals surface area contributed by atoms with Crippen LogP contribution < -0.4 is 0 Å². The molecular formula is C16H15N3OS3. The van der Waals surface area contributed by atoms with Crippen molar-refractivity contribution in [3.63, 3.8) is 0 Å². The number of ketones is 1. The minimum Gasteiger partial charge on any atom is -0.292 e. The van der Waals surface area contributed by atoms with Crippen LogP contribution in [0.25, 0.3) is 12.2 Å². The fraction of sp³-hybridized carbons (Fsp3) is 0.188. The fourth-order valence-electron chi connectivity index (χ4n) is 1.86. The Morgan fingerprint density at radius 3 is 3.00 bits per heavy atom. The summed E-state index contributed by atoms with van der Waals surface area (Å²) in [5.41, 5.74) is 0. The number of hydrogen-bond acceptors (Lipinski definition) is 6. The second kappa shape index (κ2) is 7.72. The number of rotatable bonds is 7. The average Bonchev–Trinajstić information content (AvgIpc) is 3.31. The van der Waals surface area contributed by atoms with Crippen LogP contribution >= 0.6 is 34.4 Å². The maximum absolute atomic E-state index is 12.1. The molecule has 3 aromatic heterocycles. The summed E-state index contributed by atoms with van der Waals surface area (Å²) in [6.07, 6.45) is 4.84. The van der Waals surface area contributed by atoms with Gasteiger partial charge in [0.2, 0.25) is 5.16 Å². The minimum absolute atomic E-state index is 0.125. The van der Waals surface area contributed by atoms with Crippen molar-refractivity contribution in [2.24, 2.45) is 0 Å². The van der Waals surface area contributed by atoms with Gasteiger partial charge in [0, 0.05) is 9.75 Å². The average molecular weight is 362 g/mol. The molecule has 3 rings (SSSR count). The molecule has 0 unspecified atom stereocenters. The maximum Gasteiger partial charge on any atom is 0.209 e. The van der Waals surface area contributed by atoms with E-state index >= 15 is 0 Å². The van der Waals surface area contributed by atoms with Crippen molar-refractivity contribution in [2.45, 2.75) is 18.5 Å². The van der Waals surface area contributed by atoms with Gasteiger partial charge in [0.1, 0.15) is 5.82 Å². The summed E-state index contributed by atoms with van der Waals surface area (Å²) in [7, 11) is 0. The summed E-state index contributed by atoms with van der Waals surface area (Å²) in [6, 6.07) is 7.96. The molecule has 4 nitrogen and oxygen atoms in total. The zero-order valence-corrected chi connectivity index (χ0v) is 14.9. The third-order valence-corrected chi connectivity index (χ3v) is 6.00. The van der Waals surface area contributed by atoms with Crippen LogP contribution in [0.1, 0.15) is 32.2 Å². The lowest BCUT2D eigenvalue weighted by Gasteiger charge is -1.94. The molecular weight excluding hydrogens is 346 g/mol. The second-order valence-corrected chi connectivity index (χ2v) is 7.77. The van der Waals surface area contributed by atoms with E-state index < -0.39 is 0 Å². The monoisotopic (exact) mass is 361 g/mol. The summed E-state index contributed by atoms with van der Waals surface area (Å²) >= 11 is 4.59. The minimum atomic E-state index is 0.125. The zero-order chi connectivity index (χ0) is 16.1. The van der Waals surface area contributed by atoms with Crippen LogP contribution in [0.4, 0.5) is 0 Å². The quantitative estimate of drug-likeness (QED) is 0.492. The molecule has 0 amide bonds. The van der Waals surface area contributed by atoms with Gasteiger partial charge in [0.05, 0.1) is 10.6 Å². The molecule has 0 aromatic carbocycles. The van der Waals surface area contributed by atoms with Crippen LogP contribution in [0.15, 0.2) is 34.8 Å². The largest absolute Gasteiger partial charge is 0.292 e. The highest BCUT2D eigenvalue weighted by Gasteiger charge is 2.11. The summed E-state index contributed by atoms with van der Waals surface area (Å²) in [4.78, 5) is 19.7. The number of aryl methyl sites for hydroxylation is 1. The van der Waals surface area contributed by atoms with Crippen molar-refractivity contribution >= 4 is 52.4 Å². The number of thiophene rings is 2. The van der Waals surface area contributed by atoms with E-state index in [1.165, 1.54) is 16.6 Å². The van der Waals surface area contributed by atoms with Gasteiger partial charge < -0.3 is 0 Å². The van der Waals surface area contributed by atoms with E-state index in [4.69, 9.17) is 0 Å². The molecule has 0 bridgehead atoms. The Labute approximate surface area is 146 Å². The second-order valence-electron chi connectivity index (χ2n) is 4.68. The summed E-state index contributed by atoms with van der Waals surface area (Å²) in [5.74, 6) is 1.17. The number of nitrogens with zero attached hydrogens (tertiary/aromatic N) is 2. The van der Waals surface area contributed by atoms with E-state index in [1.54, 1.807) is 22.7 Å². The smallest absolute Gasteiger partial charge is 0.209 e. The molecule has 0 spiro atoms. The lowest BCUT2D eigenvalue weighted by molar-refractivity contribution is 0.102. The number of nitrogens with one attached hydrogen (secondary N) is 1. The molecule has 0 aliphatic heterocycles. The number of thioether (sulfide) groups is 1. The number of H-pyrrole nitrogens is 1. The SMILES string of the molecule is CCc1ccc(C(=O)CSc2n[nH]c(/C=C/c3cccs3)n2)s1. The molecule has 0 fully saturated rings. The standard InChI is InChI=1S/C16H15N3OS3/c1-2-11-5-7-14(23-11)13(20)10-22-16-17-15(18-19-16)8-6-12-4-3-9-21-12/h3-9H,2,10H2,1H3,(H,17,18,19)/b8-6+. The number of carbonyl (C=O) groups excluding carboxylic acids is 1. The highest BCUT2D eigenvalue weighted by molar-refractivity contribution is 7.99. The van der Waals surface area contributed by atoms with Gasteiger partial charge in [-0.1, -0.05) is 24.8 Å². The molecule has 118 valence electrons. The van der Waals surface area contributed by atoms with E-state index in [1.807, 2.05) is 41.8 Å². The number of Topliss-reactive ketones (excluding diaryl/α,β-unsaturated/α-hetero) is 1. The first kappa shape index (κ1) is 16.2. The Bertz CT molecular complexity index is 802. The third-order valence-electron chi connectivity index (χ3n) is 3.05. The van der Waals surface area contributed by atoms with Crippen molar-refractivity contribution < 1.29 is 4.79 Å². The molecule has 3 aromatic rings. The van der Waals surface area contributed by atoms with Crippen molar-refractivity contribution in [2.75, 3.05) is 5.75 Å². The normalized spacial score (nSPS) is 11.3. The number of aromatic nitrogens is 3. The molecule has 0 saturated heterocycles. The Balaban J connectivity index is 1.55. The van der Waals surface area contributed by atoms with Gasteiger partial charge in [-0.25, -0.2) is 4.98 Å². The van der Waals surface area contributed by atoms with Crippen LogP contribution in [-0.4, -0.2) is 26.7 Å². The lowest BCUT2D eigenvalue weighted by atomic mass is 10.3. The molecule has 1 N–H and O–H groups in total. The van der Waals surface area contributed by atoms with Crippen LogP contribution in [0, 0.1) is 0 Å². The molecule has 3 heterocycles. The van der Waals surface area contributed by atoms with Gasteiger partial charge in [0.25, 0.3) is 0 Å². The predicted octanol–water partition coefficient (Wildman–Crippen LogP) is 4.64. The predicted molar refractivity (Wildman–Crippen MR) is 98.4 cm³/mol. The molecule has 7 heteroatoms. The highest BCUT2D eigenvalue weighted by Crippen LogP contribution is 2.21. The first-order valence-electron chi connectivity index (χ1n) is 7.13. The first-order valence-corrected chi connectivity index (χ1v) is 9.81. The Morgan fingerprint density at radius 1 is 1.35 bits per heavy atom. The van der Waals surface area contributed by atoms with Gasteiger partial charge in [-0.15, -0.1) is 27.8 Å². The van der Waals surface area contributed by atoms with E-state index in [2.05, 4.69) is 22.1 Å². The van der Waals surface area contributed by atoms with Crippen molar-refractivity contribution in [3.8, 4) is 0 Å². The molecule has 0 radical (unpaired) electrons. The van der Waals surface area contributed by atoms with Crippen LogP contribution in [-0.2, 0) is 6.42 Å². The van der Waals surface area contributed by atoms with Gasteiger partial charge in [0.15, 0.2) is 5.78 Å². The Kier molecular flexibility index (Phi) is 5.43.